The average molecular weight is 273 g/mol. The van der Waals surface area contributed by atoms with Crippen LogP contribution in [-0.2, 0) is 16.1 Å². The quantitative estimate of drug-likeness (QED) is 0.838. The standard InChI is InChI=1S/C15H19N3O2/c1-11-15(20)18-8-7-17(10-13(18)14(19)16-11)9-12-5-3-2-4-6-12/h2-6,11,13H,7-10H2,1H3,(H,16,19)/t11-,13+/m0/s1. The van der Waals surface area contributed by atoms with E-state index in [0.717, 1.165) is 13.1 Å². The van der Waals surface area contributed by atoms with Gasteiger partial charge >= 0.3 is 0 Å². The minimum atomic E-state index is -0.389. The lowest BCUT2D eigenvalue weighted by molar-refractivity contribution is -0.152. The van der Waals surface area contributed by atoms with E-state index in [2.05, 4.69) is 22.3 Å². The topological polar surface area (TPSA) is 52.7 Å². The van der Waals surface area contributed by atoms with Crippen molar-refractivity contribution in [2.45, 2.75) is 25.6 Å². The Morgan fingerprint density at radius 3 is 2.70 bits per heavy atom. The molecule has 2 aliphatic rings. The van der Waals surface area contributed by atoms with Gasteiger partial charge in [0.1, 0.15) is 12.1 Å². The number of fused-ring (bicyclic) bond motifs is 1. The summed E-state index contributed by atoms with van der Waals surface area (Å²) in [6, 6.07) is 9.47. The Morgan fingerprint density at radius 2 is 1.95 bits per heavy atom. The fourth-order valence-corrected chi connectivity index (χ4v) is 2.93. The van der Waals surface area contributed by atoms with Gasteiger partial charge in [0.15, 0.2) is 0 Å². The van der Waals surface area contributed by atoms with Crippen molar-refractivity contribution in [2.24, 2.45) is 0 Å². The number of nitrogens with zero attached hydrogens (tertiary/aromatic N) is 2. The first-order valence-electron chi connectivity index (χ1n) is 7.02. The van der Waals surface area contributed by atoms with Crippen LogP contribution in [0, 0.1) is 0 Å². The summed E-state index contributed by atoms with van der Waals surface area (Å²) in [7, 11) is 0. The molecule has 2 fully saturated rings. The zero-order valence-electron chi connectivity index (χ0n) is 11.6. The average Bonchev–Trinajstić information content (AvgIpc) is 2.46. The lowest BCUT2D eigenvalue weighted by atomic mass is 10.0. The molecule has 2 heterocycles. The van der Waals surface area contributed by atoms with Crippen molar-refractivity contribution in [3.63, 3.8) is 0 Å². The monoisotopic (exact) mass is 273 g/mol. The number of carbonyl (C=O) groups is 2. The highest BCUT2D eigenvalue weighted by Gasteiger charge is 2.41. The summed E-state index contributed by atoms with van der Waals surface area (Å²) in [5, 5.41) is 2.76. The maximum atomic E-state index is 12.1. The van der Waals surface area contributed by atoms with Crippen LogP contribution < -0.4 is 5.32 Å². The number of carbonyl (C=O) groups excluding carboxylic acids is 2. The Morgan fingerprint density at radius 1 is 1.20 bits per heavy atom. The van der Waals surface area contributed by atoms with Crippen LogP contribution in [0.25, 0.3) is 0 Å². The van der Waals surface area contributed by atoms with Gasteiger partial charge in [0.05, 0.1) is 0 Å². The third-order valence-corrected chi connectivity index (χ3v) is 4.03. The largest absolute Gasteiger partial charge is 0.343 e. The summed E-state index contributed by atoms with van der Waals surface area (Å²) in [4.78, 5) is 28.1. The lowest BCUT2D eigenvalue weighted by Gasteiger charge is -2.44. The predicted molar refractivity (Wildman–Crippen MR) is 74.8 cm³/mol. The van der Waals surface area contributed by atoms with Gasteiger partial charge in [-0.2, -0.15) is 0 Å². The fourth-order valence-electron chi connectivity index (χ4n) is 2.93. The molecule has 2 amide bonds. The van der Waals surface area contributed by atoms with Crippen LogP contribution in [0.2, 0.25) is 0 Å². The molecule has 1 N–H and O–H groups in total. The molecule has 2 atom stereocenters. The molecule has 2 aliphatic heterocycles. The van der Waals surface area contributed by atoms with E-state index in [0.29, 0.717) is 13.1 Å². The van der Waals surface area contributed by atoms with E-state index in [1.54, 1.807) is 11.8 Å². The molecule has 0 radical (unpaired) electrons. The Labute approximate surface area is 118 Å². The highest BCUT2D eigenvalue weighted by molar-refractivity contribution is 5.97. The minimum Gasteiger partial charge on any atom is -0.343 e. The summed E-state index contributed by atoms with van der Waals surface area (Å²) in [5.74, 6) is 0.00354. The zero-order valence-corrected chi connectivity index (χ0v) is 11.6. The Balaban J connectivity index is 1.69. The molecule has 2 saturated heterocycles. The summed E-state index contributed by atoms with van der Waals surface area (Å²) < 4.78 is 0. The molecule has 0 saturated carbocycles. The highest BCUT2D eigenvalue weighted by Crippen LogP contribution is 2.17. The molecule has 0 bridgehead atoms. The molecule has 1 aromatic carbocycles. The van der Waals surface area contributed by atoms with Crippen molar-refractivity contribution in [1.29, 1.82) is 0 Å². The van der Waals surface area contributed by atoms with Crippen molar-refractivity contribution in [2.75, 3.05) is 19.6 Å². The number of amides is 2. The number of benzene rings is 1. The van der Waals surface area contributed by atoms with Gasteiger partial charge in [0.25, 0.3) is 0 Å². The van der Waals surface area contributed by atoms with Crippen LogP contribution in [0.3, 0.4) is 0 Å². The number of rotatable bonds is 2. The zero-order chi connectivity index (χ0) is 14.1. The number of nitrogens with one attached hydrogen (secondary N) is 1. The number of hydrogen-bond donors (Lipinski definition) is 1. The van der Waals surface area contributed by atoms with Crippen LogP contribution in [0.15, 0.2) is 30.3 Å². The van der Waals surface area contributed by atoms with Crippen LogP contribution in [0.1, 0.15) is 12.5 Å². The molecule has 0 aliphatic carbocycles. The molecule has 3 rings (SSSR count). The summed E-state index contributed by atoms with van der Waals surface area (Å²) in [6.07, 6.45) is 0. The molecule has 1 aromatic rings. The molecular weight excluding hydrogens is 254 g/mol. The van der Waals surface area contributed by atoms with Crippen LogP contribution in [0.5, 0.6) is 0 Å². The van der Waals surface area contributed by atoms with E-state index in [1.165, 1.54) is 5.56 Å². The maximum Gasteiger partial charge on any atom is 0.245 e. The van der Waals surface area contributed by atoms with Crippen molar-refractivity contribution in [1.82, 2.24) is 15.1 Å². The Hall–Kier alpha value is -1.88. The van der Waals surface area contributed by atoms with E-state index < -0.39 is 0 Å². The molecule has 5 heteroatoms. The van der Waals surface area contributed by atoms with Crippen LogP contribution in [0.4, 0.5) is 0 Å². The molecule has 5 nitrogen and oxygen atoms in total. The Bertz CT molecular complexity index is 517. The normalized spacial score (nSPS) is 27.1. The van der Waals surface area contributed by atoms with Gasteiger partial charge < -0.3 is 10.2 Å². The first-order chi connectivity index (χ1) is 9.65. The van der Waals surface area contributed by atoms with Crippen molar-refractivity contribution in [3.05, 3.63) is 35.9 Å². The first kappa shape index (κ1) is 13.1. The lowest BCUT2D eigenvalue weighted by Crippen LogP contribution is -2.68. The molecule has 0 spiro atoms. The van der Waals surface area contributed by atoms with Gasteiger partial charge in [0.2, 0.25) is 11.8 Å². The molecule has 0 unspecified atom stereocenters. The highest BCUT2D eigenvalue weighted by atomic mass is 16.2. The molecule has 0 aromatic heterocycles. The van der Waals surface area contributed by atoms with E-state index in [1.807, 2.05) is 18.2 Å². The second-order valence-electron chi connectivity index (χ2n) is 5.50. The fraction of sp³-hybridized carbons (Fsp3) is 0.467. The minimum absolute atomic E-state index is 0.0325. The third kappa shape index (κ3) is 2.41. The van der Waals surface area contributed by atoms with E-state index in [4.69, 9.17) is 0 Å². The van der Waals surface area contributed by atoms with Gasteiger partial charge in [-0.1, -0.05) is 30.3 Å². The smallest absolute Gasteiger partial charge is 0.245 e. The second kappa shape index (κ2) is 5.25. The summed E-state index contributed by atoms with van der Waals surface area (Å²) >= 11 is 0. The van der Waals surface area contributed by atoms with Gasteiger partial charge in [-0.15, -0.1) is 0 Å². The van der Waals surface area contributed by atoms with Crippen molar-refractivity contribution >= 4 is 11.8 Å². The van der Waals surface area contributed by atoms with E-state index in [-0.39, 0.29) is 23.9 Å². The van der Waals surface area contributed by atoms with Crippen molar-refractivity contribution in [3.8, 4) is 0 Å². The Kier molecular flexibility index (Phi) is 3.44. The van der Waals surface area contributed by atoms with E-state index in [9.17, 15) is 9.59 Å². The maximum absolute atomic E-state index is 12.1. The van der Waals surface area contributed by atoms with Gasteiger partial charge in [0, 0.05) is 26.2 Å². The van der Waals surface area contributed by atoms with Crippen LogP contribution in [-0.4, -0.2) is 53.3 Å². The second-order valence-corrected chi connectivity index (χ2v) is 5.50. The van der Waals surface area contributed by atoms with Gasteiger partial charge in [-0.25, -0.2) is 0 Å². The molecule has 106 valence electrons. The predicted octanol–water partition coefficient (Wildman–Crippen LogP) is 0.218. The van der Waals surface area contributed by atoms with Crippen molar-refractivity contribution < 1.29 is 9.59 Å². The first-order valence-corrected chi connectivity index (χ1v) is 7.02. The molecular formula is C15H19N3O2. The number of hydrogen-bond acceptors (Lipinski definition) is 3. The van der Waals surface area contributed by atoms with Gasteiger partial charge in [-0.05, 0) is 12.5 Å². The SMILES string of the molecule is C[C@@H]1NC(=O)[C@H]2CN(Cc3ccccc3)CCN2C1=O. The molecule has 20 heavy (non-hydrogen) atoms. The summed E-state index contributed by atoms with van der Waals surface area (Å²) in [5.41, 5.74) is 1.23. The third-order valence-electron chi connectivity index (χ3n) is 4.03. The van der Waals surface area contributed by atoms with Crippen LogP contribution >= 0.6 is 0 Å². The number of piperazine rings is 2. The van der Waals surface area contributed by atoms with E-state index >= 15 is 0 Å². The summed E-state index contributed by atoms with van der Waals surface area (Å²) in [6.45, 7) is 4.62. The van der Waals surface area contributed by atoms with Gasteiger partial charge in [-0.3, -0.25) is 14.5 Å².